The van der Waals surface area contributed by atoms with Gasteiger partial charge in [0.15, 0.2) is 5.58 Å². The van der Waals surface area contributed by atoms with Crippen LogP contribution in [0.25, 0.3) is 22.6 Å². The quantitative estimate of drug-likeness (QED) is 0.192. The third kappa shape index (κ3) is 8.41. The number of unbranched alkanes of at least 4 members (excludes halogenated alkanes) is 2. The Morgan fingerprint density at radius 3 is 2.47 bits per heavy atom. The molecule has 0 fully saturated rings. The summed E-state index contributed by atoms with van der Waals surface area (Å²) in [5.74, 6) is 3.23. The Morgan fingerprint density at radius 2 is 1.74 bits per heavy atom. The third-order valence-corrected chi connectivity index (χ3v) is 6.11. The van der Waals surface area contributed by atoms with Crippen molar-refractivity contribution in [1.82, 2.24) is 15.2 Å². The summed E-state index contributed by atoms with van der Waals surface area (Å²) < 4.78 is 11.9. The van der Waals surface area contributed by atoms with Gasteiger partial charge in [-0.15, -0.1) is 0 Å². The number of aromatic nitrogens is 1. The Morgan fingerprint density at radius 1 is 0.912 bits per heavy atom. The SMILES string of the molecule is CN(C)c1ccc(-c2nc3cc(OCCCCCN(CCS)CCNCCS)ccc3o2)cc1. The summed E-state index contributed by atoms with van der Waals surface area (Å²) in [7, 11) is 4.05. The van der Waals surface area contributed by atoms with E-state index in [1.807, 2.05) is 44.4 Å². The van der Waals surface area contributed by atoms with Crippen LogP contribution in [0, 0.1) is 0 Å². The van der Waals surface area contributed by atoms with Crippen LogP contribution in [0.15, 0.2) is 46.9 Å². The third-order valence-electron chi connectivity index (χ3n) is 5.69. The second-order valence-corrected chi connectivity index (χ2v) is 9.43. The van der Waals surface area contributed by atoms with Crippen LogP contribution in [0.5, 0.6) is 5.75 Å². The van der Waals surface area contributed by atoms with Crippen molar-refractivity contribution in [2.75, 3.05) is 69.8 Å². The molecule has 186 valence electrons. The number of thiol groups is 2. The van der Waals surface area contributed by atoms with E-state index in [4.69, 9.17) is 9.15 Å². The van der Waals surface area contributed by atoms with Gasteiger partial charge in [-0.1, -0.05) is 0 Å². The lowest BCUT2D eigenvalue weighted by atomic mass is 10.2. The first kappa shape index (κ1) is 26.7. The minimum Gasteiger partial charge on any atom is -0.494 e. The average Bonchev–Trinajstić information content (AvgIpc) is 3.27. The summed E-state index contributed by atoms with van der Waals surface area (Å²) in [4.78, 5) is 9.21. The molecule has 0 saturated heterocycles. The highest BCUT2D eigenvalue weighted by atomic mass is 32.1. The number of oxazole rings is 1. The van der Waals surface area contributed by atoms with Crippen LogP contribution >= 0.6 is 25.3 Å². The first-order valence-corrected chi connectivity index (χ1v) is 13.3. The van der Waals surface area contributed by atoms with E-state index in [0.717, 1.165) is 85.2 Å². The lowest BCUT2D eigenvalue weighted by molar-refractivity contribution is 0.270. The molecule has 0 radical (unpaired) electrons. The van der Waals surface area contributed by atoms with Crippen molar-refractivity contribution < 1.29 is 9.15 Å². The van der Waals surface area contributed by atoms with Crippen LogP contribution in [0.2, 0.25) is 0 Å². The Hall–Kier alpha value is -1.87. The highest BCUT2D eigenvalue weighted by Gasteiger charge is 2.10. The number of ether oxygens (including phenoxy) is 1. The van der Waals surface area contributed by atoms with E-state index in [0.29, 0.717) is 12.5 Å². The van der Waals surface area contributed by atoms with Gasteiger partial charge in [-0.25, -0.2) is 4.98 Å². The predicted octanol–water partition coefficient (Wildman–Crippen LogP) is 4.86. The van der Waals surface area contributed by atoms with Crippen molar-refractivity contribution in [3.05, 3.63) is 42.5 Å². The summed E-state index contributed by atoms with van der Waals surface area (Å²) in [6.07, 6.45) is 3.35. The van der Waals surface area contributed by atoms with Crippen molar-refractivity contribution >= 4 is 42.0 Å². The fraction of sp³-hybridized carbons (Fsp3) is 0.500. The molecule has 0 aliphatic rings. The maximum absolute atomic E-state index is 5.99. The zero-order valence-electron chi connectivity index (χ0n) is 20.4. The summed E-state index contributed by atoms with van der Waals surface area (Å²) in [5.41, 5.74) is 3.70. The molecule has 8 heteroatoms. The molecule has 2 aromatic carbocycles. The minimum absolute atomic E-state index is 0.629. The Labute approximate surface area is 214 Å². The molecule has 3 aromatic rings. The van der Waals surface area contributed by atoms with Gasteiger partial charge in [-0.05, 0) is 62.2 Å². The van der Waals surface area contributed by atoms with Gasteiger partial charge in [0.2, 0.25) is 5.89 Å². The molecule has 0 unspecified atom stereocenters. The number of hydrogen-bond acceptors (Lipinski definition) is 8. The van der Waals surface area contributed by atoms with Crippen molar-refractivity contribution in [1.29, 1.82) is 0 Å². The molecule has 1 N–H and O–H groups in total. The van der Waals surface area contributed by atoms with Crippen LogP contribution in [-0.2, 0) is 0 Å². The summed E-state index contributed by atoms with van der Waals surface area (Å²) in [6.45, 7) is 5.86. The molecule has 0 saturated carbocycles. The van der Waals surface area contributed by atoms with E-state index in [9.17, 15) is 0 Å². The fourth-order valence-corrected chi connectivity index (χ4v) is 4.19. The Bertz CT molecular complexity index is 979. The van der Waals surface area contributed by atoms with Crippen LogP contribution in [0.1, 0.15) is 19.3 Å². The fourth-order valence-electron chi connectivity index (χ4n) is 3.74. The van der Waals surface area contributed by atoms with Crippen LogP contribution in [-0.4, -0.2) is 74.8 Å². The largest absolute Gasteiger partial charge is 0.494 e. The highest BCUT2D eigenvalue weighted by Crippen LogP contribution is 2.28. The van der Waals surface area contributed by atoms with Crippen molar-refractivity contribution in [3.63, 3.8) is 0 Å². The molecule has 0 amide bonds. The monoisotopic (exact) mass is 502 g/mol. The topological polar surface area (TPSA) is 53.8 Å². The number of fused-ring (bicyclic) bond motifs is 1. The van der Waals surface area contributed by atoms with Gasteiger partial charge in [0, 0.05) is 69.1 Å². The van der Waals surface area contributed by atoms with E-state index in [2.05, 4.69) is 57.5 Å². The Kier molecular flexibility index (Phi) is 11.4. The molecule has 0 aliphatic carbocycles. The normalized spacial score (nSPS) is 11.4. The number of anilines is 1. The second-order valence-electron chi connectivity index (χ2n) is 8.54. The van der Waals surface area contributed by atoms with Crippen molar-refractivity contribution in [2.45, 2.75) is 19.3 Å². The molecule has 6 nitrogen and oxygen atoms in total. The van der Waals surface area contributed by atoms with Gasteiger partial charge in [0.05, 0.1) is 6.61 Å². The number of nitrogens with one attached hydrogen (secondary N) is 1. The molecule has 0 bridgehead atoms. The predicted molar refractivity (Wildman–Crippen MR) is 150 cm³/mol. The smallest absolute Gasteiger partial charge is 0.227 e. The lowest BCUT2D eigenvalue weighted by Gasteiger charge is -2.21. The number of rotatable bonds is 16. The maximum Gasteiger partial charge on any atom is 0.227 e. The van der Waals surface area contributed by atoms with Gasteiger partial charge in [0.1, 0.15) is 11.3 Å². The van der Waals surface area contributed by atoms with Gasteiger partial charge in [-0.2, -0.15) is 25.3 Å². The van der Waals surface area contributed by atoms with Crippen LogP contribution < -0.4 is 15.0 Å². The molecule has 1 heterocycles. The number of benzene rings is 2. The van der Waals surface area contributed by atoms with Gasteiger partial charge < -0.3 is 24.3 Å². The zero-order chi connectivity index (χ0) is 24.2. The van der Waals surface area contributed by atoms with Crippen molar-refractivity contribution in [3.8, 4) is 17.2 Å². The van der Waals surface area contributed by atoms with Gasteiger partial charge in [-0.3, -0.25) is 0 Å². The maximum atomic E-state index is 5.99. The molecule has 0 spiro atoms. The molecule has 3 rings (SSSR count). The molecular weight excluding hydrogens is 464 g/mol. The van der Waals surface area contributed by atoms with Gasteiger partial charge >= 0.3 is 0 Å². The molecule has 34 heavy (non-hydrogen) atoms. The van der Waals surface area contributed by atoms with E-state index in [1.165, 1.54) is 6.42 Å². The first-order valence-electron chi connectivity index (χ1n) is 12.1. The van der Waals surface area contributed by atoms with E-state index >= 15 is 0 Å². The van der Waals surface area contributed by atoms with Gasteiger partial charge in [0.25, 0.3) is 0 Å². The van der Waals surface area contributed by atoms with Crippen molar-refractivity contribution in [2.24, 2.45) is 0 Å². The summed E-state index contributed by atoms with van der Waals surface area (Å²) in [5, 5.41) is 3.41. The van der Waals surface area contributed by atoms with Crippen LogP contribution in [0.3, 0.4) is 0 Å². The van der Waals surface area contributed by atoms with Crippen LogP contribution in [0.4, 0.5) is 5.69 Å². The summed E-state index contributed by atoms with van der Waals surface area (Å²) in [6, 6.07) is 14.1. The average molecular weight is 503 g/mol. The molecule has 0 aliphatic heterocycles. The molecule has 0 atom stereocenters. The molecule has 1 aromatic heterocycles. The number of hydrogen-bond donors (Lipinski definition) is 3. The molecular formula is C26H38N4O2S2. The zero-order valence-corrected chi connectivity index (χ0v) is 22.2. The second kappa shape index (κ2) is 14.5. The van der Waals surface area contributed by atoms with E-state index in [1.54, 1.807) is 0 Å². The standard InChI is InChI=1S/C26H38N4O2S2/c1-29(2)22-8-6-21(7-9-22)26-28-24-20-23(10-11-25(24)32-26)31-17-5-3-4-14-30(16-19-34)15-12-27-13-18-33/h6-11,20,27,33-34H,3-5,12-19H2,1-2H3. The number of nitrogens with zero attached hydrogens (tertiary/aromatic N) is 3. The minimum atomic E-state index is 0.629. The highest BCUT2D eigenvalue weighted by molar-refractivity contribution is 7.80. The summed E-state index contributed by atoms with van der Waals surface area (Å²) >= 11 is 8.63. The Balaban J connectivity index is 1.42. The van der Waals surface area contributed by atoms with E-state index < -0.39 is 0 Å². The first-order chi connectivity index (χ1) is 16.6. The van der Waals surface area contributed by atoms with E-state index in [-0.39, 0.29) is 0 Å². The lowest BCUT2D eigenvalue weighted by Crippen LogP contribution is -2.34.